The summed E-state index contributed by atoms with van der Waals surface area (Å²) in [7, 11) is 0. The van der Waals surface area contributed by atoms with E-state index in [2.05, 4.69) is 22.0 Å². The van der Waals surface area contributed by atoms with Crippen LogP contribution in [0.2, 0.25) is 0 Å². The molecule has 8 heteroatoms. The molecule has 0 aliphatic carbocycles. The highest BCUT2D eigenvalue weighted by molar-refractivity contribution is 8.15. The normalized spacial score (nSPS) is 16.7. The lowest BCUT2D eigenvalue weighted by atomic mass is 10.1. The Morgan fingerprint density at radius 3 is 2.56 bits per heavy atom. The van der Waals surface area contributed by atoms with E-state index in [-0.39, 0.29) is 17.8 Å². The van der Waals surface area contributed by atoms with Crippen LogP contribution in [-0.4, -0.2) is 47.4 Å². The summed E-state index contributed by atoms with van der Waals surface area (Å²) in [5, 5.41) is 20.1. The molecule has 2 amide bonds. The molecule has 1 aliphatic rings. The van der Waals surface area contributed by atoms with Gasteiger partial charge >= 0.3 is 0 Å². The number of aliphatic hydroxyl groups is 1. The molecule has 0 saturated carbocycles. The van der Waals surface area contributed by atoms with Gasteiger partial charge in [0.15, 0.2) is 5.37 Å². The fourth-order valence-corrected chi connectivity index (χ4v) is 4.11. The Labute approximate surface area is 190 Å². The summed E-state index contributed by atoms with van der Waals surface area (Å²) in [4.78, 5) is 22.8. The third-order valence-corrected chi connectivity index (χ3v) is 5.96. The summed E-state index contributed by atoms with van der Waals surface area (Å²) < 4.78 is 5.72. The number of aliphatic hydroxyl groups excluding tert-OH is 1. The number of carbonyl (C=O) groups is 2. The number of fused-ring (bicyclic) bond motifs is 1. The Morgan fingerprint density at radius 2 is 1.81 bits per heavy atom. The summed E-state index contributed by atoms with van der Waals surface area (Å²) in [6, 6.07) is 21.7. The topological polar surface area (TPSA) is 99.7 Å². The summed E-state index contributed by atoms with van der Waals surface area (Å²) in [6.45, 7) is 1.38. The predicted molar refractivity (Wildman–Crippen MR) is 127 cm³/mol. The number of amides is 2. The molecule has 7 nitrogen and oxygen atoms in total. The maximum atomic E-state index is 11.6. The molecule has 1 fully saturated rings. The molecule has 0 aromatic heterocycles. The molecule has 4 N–H and O–H groups in total. The number of carbonyl (C=O) groups excluding carboxylic acids is 2. The van der Waals surface area contributed by atoms with Crippen molar-refractivity contribution in [3.63, 3.8) is 0 Å². The van der Waals surface area contributed by atoms with Crippen molar-refractivity contribution in [2.75, 3.05) is 25.0 Å². The van der Waals surface area contributed by atoms with Crippen LogP contribution in [0.5, 0.6) is 5.75 Å². The van der Waals surface area contributed by atoms with Gasteiger partial charge in [0.2, 0.25) is 0 Å². The number of anilines is 1. The van der Waals surface area contributed by atoms with E-state index in [1.807, 2.05) is 60.7 Å². The molecule has 1 unspecified atom stereocenters. The van der Waals surface area contributed by atoms with Crippen molar-refractivity contribution >= 4 is 39.4 Å². The second-order valence-electron chi connectivity index (χ2n) is 7.54. The molecule has 0 spiro atoms. The monoisotopic (exact) mass is 451 g/mol. The average Bonchev–Trinajstić information content (AvgIpc) is 3.12. The van der Waals surface area contributed by atoms with Gasteiger partial charge in [0.05, 0.1) is 0 Å². The molecule has 0 bridgehead atoms. The van der Waals surface area contributed by atoms with Crippen LogP contribution in [0.4, 0.5) is 10.5 Å². The minimum absolute atomic E-state index is 0.223. The standard InChI is InChI=1S/C24H25N3O4S/c28-20(15-31-21-10-7-17-3-1-2-4-18(17)13-21)14-25-12-11-16-5-8-19(9-6-16)26-23-22(29)27-24(30)32-23/h1-10,13,20,23,25-26,28H,11-12,14-15H2,(H,27,29,30)/t20-,23?/m0/s1. The fraction of sp³-hybridized carbons (Fsp3) is 0.250. The van der Waals surface area contributed by atoms with Crippen molar-refractivity contribution in [1.29, 1.82) is 0 Å². The van der Waals surface area contributed by atoms with Crippen LogP contribution < -0.4 is 20.7 Å². The van der Waals surface area contributed by atoms with Gasteiger partial charge in [-0.15, -0.1) is 0 Å². The van der Waals surface area contributed by atoms with E-state index in [9.17, 15) is 14.7 Å². The molecule has 0 radical (unpaired) electrons. The van der Waals surface area contributed by atoms with Crippen molar-refractivity contribution < 1.29 is 19.4 Å². The molecule has 4 rings (SSSR count). The number of thioether (sulfide) groups is 1. The maximum Gasteiger partial charge on any atom is 0.288 e. The number of ether oxygens (including phenoxy) is 1. The summed E-state index contributed by atoms with van der Waals surface area (Å²) in [5.41, 5.74) is 1.91. The van der Waals surface area contributed by atoms with E-state index in [0.29, 0.717) is 6.54 Å². The Kier molecular flexibility index (Phi) is 7.26. The molecule has 1 aliphatic heterocycles. The molecular formula is C24H25N3O4S. The first kappa shape index (κ1) is 22.1. The molecular weight excluding hydrogens is 426 g/mol. The van der Waals surface area contributed by atoms with Gasteiger partial charge in [-0.1, -0.05) is 42.5 Å². The van der Waals surface area contributed by atoms with E-state index >= 15 is 0 Å². The van der Waals surface area contributed by atoms with Gasteiger partial charge in [-0.2, -0.15) is 0 Å². The number of rotatable bonds is 10. The zero-order chi connectivity index (χ0) is 22.3. The van der Waals surface area contributed by atoms with Crippen molar-refractivity contribution in [1.82, 2.24) is 10.6 Å². The van der Waals surface area contributed by atoms with Crippen LogP contribution in [0.15, 0.2) is 66.7 Å². The first-order chi connectivity index (χ1) is 15.6. The second-order valence-corrected chi connectivity index (χ2v) is 8.62. The van der Waals surface area contributed by atoms with E-state index < -0.39 is 11.5 Å². The number of hydrogen-bond donors (Lipinski definition) is 4. The van der Waals surface area contributed by atoms with Crippen LogP contribution in [0, 0.1) is 0 Å². The predicted octanol–water partition coefficient (Wildman–Crippen LogP) is 3.13. The summed E-state index contributed by atoms with van der Waals surface area (Å²) >= 11 is 0.940. The third kappa shape index (κ3) is 6.00. The second kappa shape index (κ2) is 10.5. The summed E-state index contributed by atoms with van der Waals surface area (Å²) in [6.07, 6.45) is 0.196. The minimum atomic E-state index is -0.606. The smallest absolute Gasteiger partial charge is 0.288 e. The average molecular weight is 452 g/mol. The minimum Gasteiger partial charge on any atom is -0.491 e. The Bertz CT molecular complexity index is 1090. The number of benzene rings is 3. The SMILES string of the molecule is O=C1NC(=O)C(Nc2ccc(CCNC[C@H](O)COc3ccc4ccccc4c3)cc2)S1. The third-order valence-electron chi connectivity index (χ3n) is 5.07. The zero-order valence-corrected chi connectivity index (χ0v) is 18.2. The lowest BCUT2D eigenvalue weighted by molar-refractivity contribution is -0.118. The number of imide groups is 1. The first-order valence-electron chi connectivity index (χ1n) is 10.4. The molecule has 3 aromatic rings. The Morgan fingerprint density at radius 1 is 1.03 bits per heavy atom. The van der Waals surface area contributed by atoms with E-state index in [4.69, 9.17) is 4.74 Å². The molecule has 1 saturated heterocycles. The first-order valence-corrected chi connectivity index (χ1v) is 11.3. The largest absolute Gasteiger partial charge is 0.491 e. The zero-order valence-electron chi connectivity index (χ0n) is 17.4. The number of nitrogens with one attached hydrogen (secondary N) is 3. The van der Waals surface area contributed by atoms with Crippen LogP contribution in [0.25, 0.3) is 10.8 Å². The molecule has 166 valence electrons. The quantitative estimate of drug-likeness (QED) is 0.352. The molecule has 1 heterocycles. The van der Waals surface area contributed by atoms with E-state index in [0.717, 1.165) is 52.5 Å². The van der Waals surface area contributed by atoms with Crippen molar-refractivity contribution in [2.24, 2.45) is 0 Å². The summed E-state index contributed by atoms with van der Waals surface area (Å²) in [5.74, 6) is 0.422. The van der Waals surface area contributed by atoms with Gasteiger partial charge in [-0.25, -0.2) is 0 Å². The van der Waals surface area contributed by atoms with Crippen LogP contribution in [0.1, 0.15) is 5.56 Å². The van der Waals surface area contributed by atoms with Gasteiger partial charge < -0.3 is 20.5 Å². The van der Waals surface area contributed by atoms with Crippen LogP contribution in [0.3, 0.4) is 0 Å². The van der Waals surface area contributed by atoms with Crippen molar-refractivity contribution in [2.45, 2.75) is 17.9 Å². The van der Waals surface area contributed by atoms with Gasteiger partial charge in [-0.05, 0) is 65.3 Å². The van der Waals surface area contributed by atoms with Crippen molar-refractivity contribution in [3.8, 4) is 5.75 Å². The molecule has 32 heavy (non-hydrogen) atoms. The molecule has 2 atom stereocenters. The van der Waals surface area contributed by atoms with E-state index in [1.54, 1.807) is 0 Å². The highest BCUT2D eigenvalue weighted by Gasteiger charge is 2.31. The van der Waals surface area contributed by atoms with Crippen LogP contribution in [-0.2, 0) is 11.2 Å². The fourth-order valence-electron chi connectivity index (χ4n) is 3.38. The maximum absolute atomic E-state index is 11.6. The highest BCUT2D eigenvalue weighted by Crippen LogP contribution is 2.22. The van der Waals surface area contributed by atoms with Gasteiger partial charge in [0, 0.05) is 12.2 Å². The van der Waals surface area contributed by atoms with Gasteiger partial charge in [0.1, 0.15) is 18.5 Å². The van der Waals surface area contributed by atoms with Crippen molar-refractivity contribution in [3.05, 3.63) is 72.3 Å². The lowest BCUT2D eigenvalue weighted by Crippen LogP contribution is -2.32. The lowest BCUT2D eigenvalue weighted by Gasteiger charge is -2.14. The van der Waals surface area contributed by atoms with Crippen LogP contribution >= 0.6 is 11.8 Å². The van der Waals surface area contributed by atoms with Gasteiger partial charge in [-0.3, -0.25) is 14.9 Å². The van der Waals surface area contributed by atoms with Gasteiger partial charge in [0.25, 0.3) is 11.1 Å². The van der Waals surface area contributed by atoms with E-state index in [1.165, 1.54) is 0 Å². The number of hydrogen-bond acceptors (Lipinski definition) is 7. The Hall–Kier alpha value is -3.07. The Balaban J connectivity index is 1.14. The molecule has 3 aromatic carbocycles. The highest BCUT2D eigenvalue weighted by atomic mass is 32.2.